The molecule has 20 heavy (non-hydrogen) atoms. The van der Waals surface area contributed by atoms with Crippen molar-refractivity contribution >= 4 is 27.5 Å². The lowest BCUT2D eigenvalue weighted by Gasteiger charge is -2.09. The van der Waals surface area contributed by atoms with E-state index in [4.69, 9.17) is 5.73 Å². The molecule has 0 aliphatic rings. The van der Waals surface area contributed by atoms with E-state index in [9.17, 15) is 13.6 Å². The molecular formula is C14H11BrF2N2O. The third-order valence-electron chi connectivity index (χ3n) is 2.71. The van der Waals surface area contributed by atoms with Gasteiger partial charge in [0.1, 0.15) is 5.82 Å². The lowest BCUT2D eigenvalue weighted by Crippen LogP contribution is -2.24. The standard InChI is InChI=1S/C14H11BrF2N2O/c15-11-4-2-1-3-8(11)7-19-14(20)10-5-9(16)6-12(18)13(10)17/h1-6H,7,18H2,(H,19,20). The van der Waals surface area contributed by atoms with E-state index in [1.807, 2.05) is 18.2 Å². The van der Waals surface area contributed by atoms with Crippen LogP contribution in [0, 0.1) is 11.6 Å². The van der Waals surface area contributed by atoms with Gasteiger partial charge in [0.15, 0.2) is 5.82 Å². The first-order valence-electron chi connectivity index (χ1n) is 5.75. The molecule has 0 radical (unpaired) electrons. The van der Waals surface area contributed by atoms with Crippen molar-refractivity contribution in [3.8, 4) is 0 Å². The van der Waals surface area contributed by atoms with Crippen LogP contribution in [0.5, 0.6) is 0 Å². The predicted octanol–water partition coefficient (Wildman–Crippen LogP) is 3.24. The summed E-state index contributed by atoms with van der Waals surface area (Å²) < 4.78 is 27.7. The van der Waals surface area contributed by atoms with Crippen molar-refractivity contribution in [2.24, 2.45) is 0 Å². The van der Waals surface area contributed by atoms with Crippen LogP contribution in [-0.2, 0) is 6.54 Å². The van der Waals surface area contributed by atoms with Crippen LogP contribution < -0.4 is 11.1 Å². The molecule has 6 heteroatoms. The summed E-state index contributed by atoms with van der Waals surface area (Å²) in [4.78, 5) is 11.9. The monoisotopic (exact) mass is 340 g/mol. The molecule has 0 heterocycles. The van der Waals surface area contributed by atoms with Crippen LogP contribution in [-0.4, -0.2) is 5.91 Å². The summed E-state index contributed by atoms with van der Waals surface area (Å²) in [5.41, 5.74) is 5.31. The zero-order valence-corrected chi connectivity index (χ0v) is 11.9. The number of carbonyl (C=O) groups is 1. The highest BCUT2D eigenvalue weighted by Crippen LogP contribution is 2.18. The summed E-state index contributed by atoms with van der Waals surface area (Å²) in [6.45, 7) is 0.191. The molecule has 0 spiro atoms. The van der Waals surface area contributed by atoms with Crippen LogP contribution in [0.1, 0.15) is 15.9 Å². The van der Waals surface area contributed by atoms with Gasteiger partial charge in [-0.1, -0.05) is 34.1 Å². The van der Waals surface area contributed by atoms with Crippen molar-refractivity contribution in [1.82, 2.24) is 5.32 Å². The number of amides is 1. The van der Waals surface area contributed by atoms with Crippen LogP contribution in [0.25, 0.3) is 0 Å². The van der Waals surface area contributed by atoms with E-state index in [0.717, 1.165) is 22.2 Å². The Balaban J connectivity index is 2.15. The largest absolute Gasteiger partial charge is 0.396 e. The highest BCUT2D eigenvalue weighted by Gasteiger charge is 2.16. The van der Waals surface area contributed by atoms with Crippen molar-refractivity contribution in [3.05, 3.63) is 63.6 Å². The molecule has 0 atom stereocenters. The number of nitrogens with one attached hydrogen (secondary N) is 1. The third kappa shape index (κ3) is 3.14. The second-order valence-corrected chi connectivity index (χ2v) is 4.98. The Morgan fingerprint density at radius 1 is 1.25 bits per heavy atom. The van der Waals surface area contributed by atoms with Gasteiger partial charge in [0, 0.05) is 11.0 Å². The molecule has 2 rings (SSSR count). The first kappa shape index (κ1) is 14.5. The molecule has 3 N–H and O–H groups in total. The summed E-state index contributed by atoms with van der Waals surface area (Å²) in [5, 5.41) is 2.52. The van der Waals surface area contributed by atoms with Crippen molar-refractivity contribution in [2.45, 2.75) is 6.54 Å². The SMILES string of the molecule is Nc1cc(F)cc(C(=O)NCc2ccccc2Br)c1F. The van der Waals surface area contributed by atoms with Gasteiger partial charge >= 0.3 is 0 Å². The number of carbonyl (C=O) groups excluding carboxylic acids is 1. The van der Waals surface area contributed by atoms with Crippen LogP contribution >= 0.6 is 15.9 Å². The van der Waals surface area contributed by atoms with Gasteiger partial charge in [-0.25, -0.2) is 8.78 Å². The minimum atomic E-state index is -0.920. The van der Waals surface area contributed by atoms with E-state index in [1.165, 1.54) is 0 Å². The third-order valence-corrected chi connectivity index (χ3v) is 3.48. The van der Waals surface area contributed by atoms with Crippen LogP contribution in [0.15, 0.2) is 40.9 Å². The molecule has 0 aliphatic heterocycles. The Hall–Kier alpha value is -1.95. The summed E-state index contributed by atoms with van der Waals surface area (Å²) in [5.74, 6) is -2.39. The maximum atomic E-state index is 13.7. The number of nitrogen functional groups attached to an aromatic ring is 1. The molecular weight excluding hydrogens is 330 g/mol. The molecule has 0 unspecified atom stereocenters. The van der Waals surface area contributed by atoms with Gasteiger partial charge in [0.2, 0.25) is 0 Å². The fraction of sp³-hybridized carbons (Fsp3) is 0.0714. The van der Waals surface area contributed by atoms with E-state index in [1.54, 1.807) is 6.07 Å². The minimum absolute atomic E-state index is 0.191. The molecule has 2 aromatic rings. The molecule has 3 nitrogen and oxygen atoms in total. The number of benzene rings is 2. The van der Waals surface area contributed by atoms with E-state index >= 15 is 0 Å². The van der Waals surface area contributed by atoms with Gasteiger partial charge in [-0.05, 0) is 23.8 Å². The number of nitrogens with two attached hydrogens (primary N) is 1. The summed E-state index contributed by atoms with van der Waals surface area (Å²) in [6.07, 6.45) is 0. The lowest BCUT2D eigenvalue weighted by atomic mass is 10.1. The van der Waals surface area contributed by atoms with Crippen molar-refractivity contribution in [3.63, 3.8) is 0 Å². The molecule has 1 amide bonds. The Morgan fingerprint density at radius 3 is 2.65 bits per heavy atom. The zero-order valence-electron chi connectivity index (χ0n) is 10.3. The number of anilines is 1. The highest BCUT2D eigenvalue weighted by molar-refractivity contribution is 9.10. The van der Waals surface area contributed by atoms with Crippen molar-refractivity contribution in [2.75, 3.05) is 5.73 Å². The quantitative estimate of drug-likeness (QED) is 0.842. The highest BCUT2D eigenvalue weighted by atomic mass is 79.9. The average Bonchev–Trinajstić information content (AvgIpc) is 2.41. The Kier molecular flexibility index (Phi) is 4.34. The summed E-state index contributed by atoms with van der Waals surface area (Å²) >= 11 is 3.33. The van der Waals surface area contributed by atoms with Gasteiger partial charge in [0.05, 0.1) is 11.3 Å². The predicted molar refractivity (Wildman–Crippen MR) is 76.1 cm³/mol. The molecule has 0 saturated heterocycles. The molecule has 0 fully saturated rings. The van der Waals surface area contributed by atoms with Gasteiger partial charge in [-0.2, -0.15) is 0 Å². The minimum Gasteiger partial charge on any atom is -0.396 e. The number of rotatable bonds is 3. The van der Waals surface area contributed by atoms with E-state index in [0.29, 0.717) is 0 Å². The Morgan fingerprint density at radius 2 is 1.95 bits per heavy atom. The molecule has 0 saturated carbocycles. The second-order valence-electron chi connectivity index (χ2n) is 4.13. The first-order valence-corrected chi connectivity index (χ1v) is 6.54. The number of hydrogen-bond acceptors (Lipinski definition) is 2. The van der Waals surface area contributed by atoms with Gasteiger partial charge in [0.25, 0.3) is 5.91 Å². The van der Waals surface area contributed by atoms with E-state index in [2.05, 4.69) is 21.2 Å². The maximum absolute atomic E-state index is 13.7. The number of halogens is 3. The topological polar surface area (TPSA) is 55.1 Å². The Bertz CT molecular complexity index is 662. The smallest absolute Gasteiger partial charge is 0.254 e. The summed E-state index contributed by atoms with van der Waals surface area (Å²) in [6, 6.07) is 8.93. The van der Waals surface area contributed by atoms with Gasteiger partial charge in [-0.15, -0.1) is 0 Å². The maximum Gasteiger partial charge on any atom is 0.254 e. The fourth-order valence-corrected chi connectivity index (χ4v) is 2.11. The molecule has 2 aromatic carbocycles. The zero-order chi connectivity index (χ0) is 14.7. The van der Waals surface area contributed by atoms with Crippen LogP contribution in [0.2, 0.25) is 0 Å². The van der Waals surface area contributed by atoms with Crippen LogP contribution in [0.4, 0.5) is 14.5 Å². The number of hydrogen-bond donors (Lipinski definition) is 2. The summed E-state index contributed by atoms with van der Waals surface area (Å²) in [7, 11) is 0. The van der Waals surface area contributed by atoms with E-state index < -0.39 is 28.8 Å². The Labute approximate surface area is 122 Å². The van der Waals surface area contributed by atoms with Gasteiger partial charge in [-0.3, -0.25) is 4.79 Å². The molecule has 104 valence electrons. The lowest BCUT2D eigenvalue weighted by molar-refractivity contribution is 0.0946. The molecule has 0 bridgehead atoms. The van der Waals surface area contributed by atoms with Crippen molar-refractivity contribution in [1.29, 1.82) is 0 Å². The van der Waals surface area contributed by atoms with E-state index in [-0.39, 0.29) is 6.54 Å². The normalized spacial score (nSPS) is 10.3. The van der Waals surface area contributed by atoms with Gasteiger partial charge < -0.3 is 11.1 Å². The average molecular weight is 341 g/mol. The molecule has 0 aromatic heterocycles. The van der Waals surface area contributed by atoms with Crippen LogP contribution in [0.3, 0.4) is 0 Å². The second kappa shape index (κ2) is 6.00. The fourth-order valence-electron chi connectivity index (χ4n) is 1.69. The van der Waals surface area contributed by atoms with Crippen molar-refractivity contribution < 1.29 is 13.6 Å². The molecule has 0 aliphatic carbocycles. The first-order chi connectivity index (χ1) is 9.49.